The Morgan fingerprint density at radius 1 is 0.914 bits per heavy atom. The molecule has 8 heteroatoms. The summed E-state index contributed by atoms with van der Waals surface area (Å²) in [6, 6.07) is 22.4. The average molecular weight is 488 g/mol. The second-order valence-corrected chi connectivity index (χ2v) is 7.83. The Balaban J connectivity index is 1.62. The number of oxime groups is 2. The minimum Gasteiger partial charge on any atom is -0.464 e. The Kier molecular flexibility index (Phi) is 9.41. The molecule has 0 saturated carbocycles. The van der Waals surface area contributed by atoms with E-state index in [-0.39, 0.29) is 12.3 Å². The summed E-state index contributed by atoms with van der Waals surface area (Å²) in [6.45, 7) is 1.86. The van der Waals surface area contributed by atoms with Crippen molar-refractivity contribution in [2.45, 2.75) is 13.5 Å². The van der Waals surface area contributed by atoms with Gasteiger partial charge in [-0.25, -0.2) is 4.79 Å². The molecule has 3 rings (SSSR count). The summed E-state index contributed by atoms with van der Waals surface area (Å²) in [7, 11) is 5.28. The fraction of sp³-hybridized carbons (Fsp3) is 0.148. The molecule has 0 aromatic heterocycles. The first-order chi connectivity index (χ1) is 17.0. The van der Waals surface area contributed by atoms with Gasteiger partial charge in [0.15, 0.2) is 5.71 Å². The molecule has 0 amide bonds. The van der Waals surface area contributed by atoms with E-state index in [1.54, 1.807) is 25.1 Å². The molecule has 178 valence electrons. The maximum Gasteiger partial charge on any atom is 0.360 e. The first-order valence-corrected chi connectivity index (χ1v) is 11.2. The average Bonchev–Trinajstić information content (AvgIpc) is 2.88. The quantitative estimate of drug-likeness (QED) is 0.154. The SMILES string of the molecule is CO/N=C(/C(=O)OC)c1ccccc1CO/N=C(\C)C#Cc1ccc(Oc2ccc(P)cc2)cc1. The maximum atomic E-state index is 12.1. The van der Waals surface area contributed by atoms with Gasteiger partial charge in [0.25, 0.3) is 0 Å². The van der Waals surface area contributed by atoms with E-state index in [1.807, 2.05) is 54.6 Å². The first-order valence-electron chi connectivity index (χ1n) is 10.6. The smallest absolute Gasteiger partial charge is 0.360 e. The molecule has 7 nitrogen and oxygen atoms in total. The van der Waals surface area contributed by atoms with E-state index < -0.39 is 5.97 Å². The van der Waals surface area contributed by atoms with Crippen LogP contribution in [0.3, 0.4) is 0 Å². The third-order valence-corrected chi connectivity index (χ3v) is 5.00. The van der Waals surface area contributed by atoms with Crippen LogP contribution in [-0.2, 0) is 25.8 Å². The maximum absolute atomic E-state index is 12.1. The van der Waals surface area contributed by atoms with Crippen LogP contribution >= 0.6 is 9.24 Å². The number of rotatable bonds is 8. The second-order valence-electron chi connectivity index (χ2n) is 7.17. The number of hydrogen-bond acceptors (Lipinski definition) is 7. The van der Waals surface area contributed by atoms with Crippen molar-refractivity contribution in [3.05, 3.63) is 89.5 Å². The number of carbonyl (C=O) groups excluding carboxylic acids is 1. The standard InChI is InChI=1S/C27H25N2O5P/c1-19(8-9-20-10-12-22(13-11-20)34-23-14-16-24(35)17-15-23)28-33-18-21-6-4-5-7-25(21)26(29-32-3)27(30)31-2/h4-7,10-17H,18,35H2,1-3H3/b28-19+,29-26+. The van der Waals surface area contributed by atoms with Gasteiger partial charge in [0.05, 0.1) is 7.11 Å². The van der Waals surface area contributed by atoms with Gasteiger partial charge in [0.2, 0.25) is 0 Å². The molecule has 0 radical (unpaired) electrons. The van der Waals surface area contributed by atoms with Gasteiger partial charge < -0.3 is 19.1 Å². The van der Waals surface area contributed by atoms with Crippen molar-refractivity contribution in [1.29, 1.82) is 0 Å². The zero-order chi connectivity index (χ0) is 25.0. The van der Waals surface area contributed by atoms with Crippen molar-refractivity contribution in [3.63, 3.8) is 0 Å². The van der Waals surface area contributed by atoms with Gasteiger partial charge in [-0.1, -0.05) is 52.6 Å². The lowest BCUT2D eigenvalue weighted by Gasteiger charge is -2.09. The largest absolute Gasteiger partial charge is 0.464 e. The third-order valence-electron chi connectivity index (χ3n) is 4.61. The minimum absolute atomic E-state index is 0.0449. The molecule has 3 aromatic carbocycles. The number of esters is 1. The van der Waals surface area contributed by atoms with Crippen LogP contribution in [0.15, 0.2) is 83.1 Å². The second kappa shape index (κ2) is 12.9. The van der Waals surface area contributed by atoms with Gasteiger partial charge in [-0.15, -0.1) is 9.24 Å². The molecule has 0 aliphatic heterocycles. The van der Waals surface area contributed by atoms with E-state index >= 15 is 0 Å². The predicted octanol–water partition coefficient (Wildman–Crippen LogP) is 4.45. The molecule has 0 heterocycles. The highest BCUT2D eigenvalue weighted by atomic mass is 31.0. The van der Waals surface area contributed by atoms with E-state index in [1.165, 1.54) is 14.2 Å². The Morgan fingerprint density at radius 2 is 1.57 bits per heavy atom. The monoisotopic (exact) mass is 488 g/mol. The molecule has 0 fully saturated rings. The van der Waals surface area contributed by atoms with Gasteiger partial charge in [0, 0.05) is 16.7 Å². The zero-order valence-corrected chi connectivity index (χ0v) is 20.8. The molecular weight excluding hydrogens is 463 g/mol. The fourth-order valence-electron chi connectivity index (χ4n) is 2.92. The molecule has 0 saturated heterocycles. The lowest BCUT2D eigenvalue weighted by Crippen LogP contribution is -2.19. The highest BCUT2D eigenvalue weighted by Gasteiger charge is 2.19. The van der Waals surface area contributed by atoms with Crippen molar-refractivity contribution in [1.82, 2.24) is 0 Å². The Morgan fingerprint density at radius 3 is 2.23 bits per heavy atom. The summed E-state index contributed by atoms with van der Waals surface area (Å²) in [5, 5.41) is 8.94. The first kappa shape index (κ1) is 25.5. The van der Waals surface area contributed by atoms with Crippen LogP contribution in [0.1, 0.15) is 23.6 Å². The van der Waals surface area contributed by atoms with E-state index in [4.69, 9.17) is 19.1 Å². The van der Waals surface area contributed by atoms with E-state index in [0.29, 0.717) is 16.8 Å². The molecule has 35 heavy (non-hydrogen) atoms. The van der Waals surface area contributed by atoms with Gasteiger partial charge in [-0.3, -0.25) is 0 Å². The van der Waals surface area contributed by atoms with Crippen molar-refractivity contribution in [2.24, 2.45) is 10.3 Å². The van der Waals surface area contributed by atoms with Crippen molar-refractivity contribution < 1.29 is 23.9 Å². The summed E-state index contributed by atoms with van der Waals surface area (Å²) in [5.41, 5.74) is 2.59. The number of hydrogen-bond donors (Lipinski definition) is 0. The molecule has 0 bridgehead atoms. The highest BCUT2D eigenvalue weighted by molar-refractivity contribution is 7.27. The number of carbonyl (C=O) groups is 1. The van der Waals surface area contributed by atoms with Crippen LogP contribution in [0.4, 0.5) is 0 Å². The zero-order valence-electron chi connectivity index (χ0n) is 19.6. The summed E-state index contributed by atoms with van der Waals surface area (Å²) >= 11 is 0. The van der Waals surface area contributed by atoms with Crippen LogP contribution in [-0.4, -0.2) is 31.6 Å². The number of nitrogens with zero attached hydrogens (tertiary/aromatic N) is 2. The molecule has 0 N–H and O–H groups in total. The Labute approximate surface area is 206 Å². The van der Waals surface area contributed by atoms with Gasteiger partial charge in [-0.05, 0) is 54.5 Å². The Bertz CT molecular complexity index is 1270. The summed E-state index contributed by atoms with van der Waals surface area (Å²) < 4.78 is 10.6. The van der Waals surface area contributed by atoms with E-state index in [2.05, 4.69) is 31.4 Å². The van der Waals surface area contributed by atoms with Crippen molar-refractivity contribution in [2.75, 3.05) is 14.2 Å². The third kappa shape index (κ3) is 7.70. The van der Waals surface area contributed by atoms with Crippen LogP contribution in [0.5, 0.6) is 11.5 Å². The molecule has 0 aliphatic rings. The minimum atomic E-state index is -0.612. The molecule has 3 aromatic rings. The van der Waals surface area contributed by atoms with E-state index in [9.17, 15) is 4.79 Å². The number of methoxy groups -OCH3 is 1. The topological polar surface area (TPSA) is 78.7 Å². The van der Waals surface area contributed by atoms with E-state index in [0.717, 1.165) is 22.4 Å². The van der Waals surface area contributed by atoms with Crippen molar-refractivity contribution >= 4 is 31.9 Å². The predicted molar refractivity (Wildman–Crippen MR) is 139 cm³/mol. The van der Waals surface area contributed by atoms with Crippen LogP contribution in [0.2, 0.25) is 0 Å². The summed E-state index contributed by atoms with van der Waals surface area (Å²) in [5.74, 6) is 6.88. The van der Waals surface area contributed by atoms with Crippen molar-refractivity contribution in [3.8, 4) is 23.3 Å². The molecule has 1 unspecified atom stereocenters. The molecular formula is C27H25N2O5P. The molecule has 1 atom stereocenters. The normalized spacial score (nSPS) is 11.2. The molecule has 0 spiro atoms. The Hall–Kier alpha value is -4.14. The number of benzene rings is 3. The summed E-state index contributed by atoms with van der Waals surface area (Å²) in [6.07, 6.45) is 0. The lowest BCUT2D eigenvalue weighted by molar-refractivity contribution is -0.132. The van der Waals surface area contributed by atoms with Crippen LogP contribution in [0.25, 0.3) is 0 Å². The summed E-state index contributed by atoms with van der Waals surface area (Å²) in [4.78, 5) is 22.3. The number of ether oxygens (including phenoxy) is 2. The lowest BCUT2D eigenvalue weighted by atomic mass is 10.0. The highest BCUT2D eigenvalue weighted by Crippen LogP contribution is 2.21. The van der Waals surface area contributed by atoms with Gasteiger partial charge >= 0.3 is 5.97 Å². The van der Waals surface area contributed by atoms with Gasteiger partial charge in [-0.2, -0.15) is 0 Å². The molecule has 0 aliphatic carbocycles. The van der Waals surface area contributed by atoms with Crippen LogP contribution in [0, 0.1) is 11.8 Å². The van der Waals surface area contributed by atoms with Crippen LogP contribution < -0.4 is 10.0 Å². The fourth-order valence-corrected chi connectivity index (χ4v) is 3.12. The van der Waals surface area contributed by atoms with Gasteiger partial charge in [0.1, 0.15) is 30.9 Å².